The number of non-ortho nitro benzene ring substituents is 1. The molecule has 0 aliphatic carbocycles. The highest BCUT2D eigenvalue weighted by Gasteiger charge is 2.30. The number of hydrogen-bond acceptors (Lipinski definition) is 2. The summed E-state index contributed by atoms with van der Waals surface area (Å²) in [4.78, 5) is 11.6. The van der Waals surface area contributed by atoms with Crippen LogP contribution in [0.3, 0.4) is 0 Å². The number of quaternary nitrogens is 1. The van der Waals surface area contributed by atoms with Gasteiger partial charge in [0.25, 0.3) is 5.69 Å². The van der Waals surface area contributed by atoms with Crippen LogP contribution >= 0.6 is 15.9 Å². The quantitative estimate of drug-likeness (QED) is 0.686. The molecule has 0 aromatic heterocycles. The van der Waals surface area contributed by atoms with Gasteiger partial charge in [-0.2, -0.15) is 0 Å². The third-order valence-corrected chi connectivity index (χ3v) is 4.12. The number of benzene rings is 1. The van der Waals surface area contributed by atoms with Crippen LogP contribution in [0.25, 0.3) is 0 Å². The van der Waals surface area contributed by atoms with Crippen LogP contribution in [0.4, 0.5) is 5.69 Å². The predicted octanol–water partition coefficient (Wildman–Crippen LogP) is 2.56. The highest BCUT2D eigenvalue weighted by Crippen LogP contribution is 2.38. The molecule has 4 nitrogen and oxygen atoms in total. The Morgan fingerprint density at radius 3 is 2.53 bits per heavy atom. The van der Waals surface area contributed by atoms with E-state index < -0.39 is 0 Å². The summed E-state index contributed by atoms with van der Waals surface area (Å²) in [5.41, 5.74) is 2.16. The molecular formula is C14H16BrN2O2+. The molecule has 1 aromatic rings. The van der Waals surface area contributed by atoms with E-state index in [0.717, 1.165) is 10.0 Å². The standard InChI is InChI=1S/C14H15BrN2O2/c1-14(2,10-6-7-16(3)9-10)12-5-4-11(17(18)19)8-13(12)15/h4-9H,1-3H3/p+1. The average molecular weight is 324 g/mol. The average Bonchev–Trinajstić information content (AvgIpc) is 2.76. The zero-order chi connectivity index (χ0) is 14.2. The van der Waals surface area contributed by atoms with Crippen molar-refractivity contribution >= 4 is 21.6 Å². The lowest BCUT2D eigenvalue weighted by atomic mass is 9.78. The Labute approximate surface area is 120 Å². The van der Waals surface area contributed by atoms with Crippen LogP contribution in [0.5, 0.6) is 0 Å². The van der Waals surface area contributed by atoms with Crippen LogP contribution < -0.4 is 4.90 Å². The van der Waals surface area contributed by atoms with Crippen molar-refractivity contribution in [3.63, 3.8) is 0 Å². The van der Waals surface area contributed by atoms with Gasteiger partial charge in [0.15, 0.2) is 0 Å². The van der Waals surface area contributed by atoms with E-state index in [1.54, 1.807) is 12.1 Å². The van der Waals surface area contributed by atoms with Crippen LogP contribution in [-0.4, -0.2) is 12.0 Å². The molecule has 19 heavy (non-hydrogen) atoms. The molecule has 1 atom stereocenters. The molecular weight excluding hydrogens is 308 g/mol. The monoisotopic (exact) mass is 323 g/mol. The van der Waals surface area contributed by atoms with E-state index in [9.17, 15) is 10.1 Å². The van der Waals surface area contributed by atoms with Crippen LogP contribution in [0.1, 0.15) is 19.4 Å². The predicted molar refractivity (Wildman–Crippen MR) is 77.9 cm³/mol. The number of allylic oxidation sites excluding steroid dienone is 2. The van der Waals surface area contributed by atoms with E-state index in [1.165, 1.54) is 10.5 Å². The van der Waals surface area contributed by atoms with Crippen molar-refractivity contribution in [1.29, 1.82) is 0 Å². The molecule has 1 aliphatic rings. The van der Waals surface area contributed by atoms with Gasteiger partial charge in [-0.05, 0) is 5.56 Å². The van der Waals surface area contributed by atoms with Crippen molar-refractivity contribution in [1.82, 2.24) is 0 Å². The van der Waals surface area contributed by atoms with Crippen LogP contribution in [0.15, 0.2) is 46.7 Å². The Morgan fingerprint density at radius 1 is 1.37 bits per heavy atom. The van der Waals surface area contributed by atoms with E-state index in [1.807, 2.05) is 6.07 Å². The molecule has 0 fully saturated rings. The third-order valence-electron chi connectivity index (χ3n) is 3.47. The molecule has 0 amide bonds. The Kier molecular flexibility index (Phi) is 3.60. The lowest BCUT2D eigenvalue weighted by Crippen LogP contribution is -2.98. The molecule has 0 bridgehead atoms. The minimum absolute atomic E-state index is 0.102. The maximum Gasteiger partial charge on any atom is 0.270 e. The second-order valence-electron chi connectivity index (χ2n) is 5.22. The van der Waals surface area contributed by atoms with E-state index in [4.69, 9.17) is 0 Å². The molecule has 2 rings (SSSR count). The molecule has 0 saturated carbocycles. The fourth-order valence-corrected chi connectivity index (χ4v) is 3.09. The maximum absolute atomic E-state index is 10.8. The van der Waals surface area contributed by atoms with Gasteiger partial charge in [0, 0.05) is 33.7 Å². The summed E-state index contributed by atoms with van der Waals surface area (Å²) < 4.78 is 0.769. The van der Waals surface area contributed by atoms with Crippen molar-refractivity contribution in [2.24, 2.45) is 0 Å². The number of halogens is 1. The normalized spacial score (nSPS) is 18.5. The second kappa shape index (κ2) is 4.90. The smallest absolute Gasteiger partial charge is 0.270 e. The van der Waals surface area contributed by atoms with Crippen LogP contribution in [0, 0.1) is 10.1 Å². The Hall–Kier alpha value is -1.46. The third kappa shape index (κ3) is 2.62. The summed E-state index contributed by atoms with van der Waals surface area (Å²) in [6, 6.07) is 4.94. The minimum Gasteiger partial charge on any atom is -0.285 e. The number of nitrogens with one attached hydrogen (secondary N) is 1. The highest BCUT2D eigenvalue weighted by atomic mass is 79.9. The van der Waals surface area contributed by atoms with Gasteiger partial charge in [-0.3, -0.25) is 15.0 Å². The zero-order valence-electron chi connectivity index (χ0n) is 11.1. The van der Waals surface area contributed by atoms with Gasteiger partial charge in [-0.25, -0.2) is 0 Å². The largest absolute Gasteiger partial charge is 0.285 e. The molecule has 1 heterocycles. The second-order valence-corrected chi connectivity index (χ2v) is 6.08. The topological polar surface area (TPSA) is 47.6 Å². The lowest BCUT2D eigenvalue weighted by molar-refractivity contribution is -0.763. The van der Waals surface area contributed by atoms with Gasteiger partial charge < -0.3 is 0 Å². The van der Waals surface area contributed by atoms with Crippen molar-refractivity contribution in [2.75, 3.05) is 7.05 Å². The van der Waals surface area contributed by atoms with Crippen molar-refractivity contribution in [3.05, 3.63) is 62.4 Å². The molecule has 1 N–H and O–H groups in total. The molecule has 1 aromatic carbocycles. The molecule has 5 heteroatoms. The van der Waals surface area contributed by atoms with E-state index >= 15 is 0 Å². The van der Waals surface area contributed by atoms with Gasteiger partial charge in [0.2, 0.25) is 0 Å². The molecule has 0 saturated heterocycles. The van der Waals surface area contributed by atoms with E-state index in [0.29, 0.717) is 0 Å². The van der Waals surface area contributed by atoms with Gasteiger partial charge in [0.1, 0.15) is 6.20 Å². The Balaban J connectivity index is 2.44. The summed E-state index contributed by atoms with van der Waals surface area (Å²) in [5, 5.41) is 10.8. The van der Waals surface area contributed by atoms with Gasteiger partial charge in [-0.1, -0.05) is 35.8 Å². The first-order valence-corrected chi connectivity index (χ1v) is 6.80. The SMILES string of the molecule is C[NH+]1C=CC(C(C)(C)c2ccc([N+](=O)[O-])cc2Br)=C1. The van der Waals surface area contributed by atoms with Crippen molar-refractivity contribution in [2.45, 2.75) is 19.3 Å². The summed E-state index contributed by atoms with van der Waals surface area (Å²) >= 11 is 3.45. The number of rotatable bonds is 3. The van der Waals surface area contributed by atoms with E-state index in [2.05, 4.69) is 55.3 Å². The number of hydrogen-bond donors (Lipinski definition) is 1. The van der Waals surface area contributed by atoms with Crippen molar-refractivity contribution < 1.29 is 9.82 Å². The van der Waals surface area contributed by atoms with Crippen molar-refractivity contribution in [3.8, 4) is 0 Å². The summed E-state index contributed by atoms with van der Waals surface area (Å²) in [5.74, 6) is 0. The Morgan fingerprint density at radius 2 is 2.05 bits per heavy atom. The summed E-state index contributed by atoms with van der Waals surface area (Å²) in [6.45, 7) is 4.24. The number of nitro benzene ring substituents is 1. The molecule has 0 radical (unpaired) electrons. The van der Waals surface area contributed by atoms with Gasteiger partial charge in [0.05, 0.1) is 18.2 Å². The summed E-state index contributed by atoms with van der Waals surface area (Å²) in [7, 11) is 2.06. The lowest BCUT2D eigenvalue weighted by Gasteiger charge is -2.25. The fraction of sp³-hybridized carbons (Fsp3) is 0.286. The Bertz CT molecular complexity index is 591. The highest BCUT2D eigenvalue weighted by molar-refractivity contribution is 9.10. The first kappa shape index (κ1) is 14.0. The van der Waals surface area contributed by atoms with E-state index in [-0.39, 0.29) is 16.0 Å². The number of nitro groups is 1. The minimum atomic E-state index is -0.381. The molecule has 1 aliphatic heterocycles. The number of nitrogens with zero attached hydrogens (tertiary/aromatic N) is 1. The molecule has 1 unspecified atom stereocenters. The first-order valence-electron chi connectivity index (χ1n) is 6.00. The van der Waals surface area contributed by atoms with Gasteiger partial charge >= 0.3 is 0 Å². The molecule has 100 valence electrons. The summed E-state index contributed by atoms with van der Waals surface area (Å²) in [6.07, 6.45) is 6.33. The fourth-order valence-electron chi connectivity index (χ4n) is 2.23. The van der Waals surface area contributed by atoms with Crippen LogP contribution in [-0.2, 0) is 5.41 Å². The van der Waals surface area contributed by atoms with Crippen LogP contribution in [0.2, 0.25) is 0 Å². The van der Waals surface area contributed by atoms with Gasteiger partial charge in [-0.15, -0.1) is 0 Å². The zero-order valence-corrected chi connectivity index (χ0v) is 12.7. The maximum atomic E-state index is 10.8. The molecule has 0 spiro atoms. The first-order chi connectivity index (χ1) is 8.82.